The van der Waals surface area contributed by atoms with Gasteiger partial charge in [-0.25, -0.2) is 4.79 Å². The van der Waals surface area contributed by atoms with E-state index in [9.17, 15) is 19.5 Å². The molecule has 0 aliphatic carbocycles. The first-order valence-corrected chi connectivity index (χ1v) is 11.9. The fraction of sp³-hybridized carbons (Fsp3) is 0.800. The maximum atomic E-state index is 13.4. The molecule has 1 rings (SSSR count). The van der Waals surface area contributed by atoms with E-state index in [1.807, 2.05) is 34.6 Å². The molecule has 1 heterocycles. The minimum atomic E-state index is -1.01. The second-order valence-corrected chi connectivity index (χ2v) is 11.0. The minimum Gasteiger partial charge on any atom is -0.478 e. The van der Waals surface area contributed by atoms with Gasteiger partial charge in [0.1, 0.15) is 6.04 Å². The van der Waals surface area contributed by atoms with Crippen molar-refractivity contribution in [3.05, 3.63) is 11.6 Å². The number of carbonyl (C=O) groups excluding carboxylic acids is 2. The zero-order valence-electron chi connectivity index (χ0n) is 21.5. The number of hydrogen-bond acceptors (Lipinski definition) is 4. The van der Waals surface area contributed by atoms with Crippen LogP contribution in [0.4, 0.5) is 0 Å². The first-order chi connectivity index (χ1) is 14.7. The summed E-state index contributed by atoms with van der Waals surface area (Å²) in [4.78, 5) is 40.2. The fourth-order valence-electron chi connectivity index (χ4n) is 4.01. The van der Waals surface area contributed by atoms with Crippen molar-refractivity contribution in [3.63, 3.8) is 0 Å². The smallest absolute Gasteiger partial charge is 0.331 e. The number of nitrogens with one attached hydrogen (secondary N) is 2. The van der Waals surface area contributed by atoms with Crippen molar-refractivity contribution in [3.8, 4) is 0 Å². The average Bonchev–Trinajstić information content (AvgIpc) is 2.69. The van der Waals surface area contributed by atoms with Gasteiger partial charge in [-0.3, -0.25) is 14.5 Å². The monoisotopic (exact) mass is 451 g/mol. The van der Waals surface area contributed by atoms with Gasteiger partial charge < -0.3 is 15.7 Å². The summed E-state index contributed by atoms with van der Waals surface area (Å²) in [5.41, 5.74) is -0.323. The third kappa shape index (κ3) is 7.91. The molecule has 0 aromatic carbocycles. The van der Waals surface area contributed by atoms with E-state index in [0.29, 0.717) is 5.92 Å². The molecule has 32 heavy (non-hydrogen) atoms. The minimum absolute atomic E-state index is 0.00490. The molecule has 4 atom stereocenters. The van der Waals surface area contributed by atoms with Crippen LogP contribution in [0.15, 0.2) is 11.6 Å². The van der Waals surface area contributed by atoms with Crippen LogP contribution in [0, 0.1) is 17.3 Å². The third-order valence-electron chi connectivity index (χ3n) is 6.54. The molecular weight excluding hydrogens is 406 g/mol. The Morgan fingerprint density at radius 3 is 2.06 bits per heavy atom. The fourth-order valence-corrected chi connectivity index (χ4v) is 4.01. The lowest BCUT2D eigenvalue weighted by atomic mass is 9.85. The van der Waals surface area contributed by atoms with Gasteiger partial charge in [0.05, 0.1) is 12.1 Å². The van der Waals surface area contributed by atoms with Crippen LogP contribution in [0.1, 0.15) is 81.6 Å². The SMILES string of the molecule is C/C(=C\C(NC(=O)C(NC(=O)C1CCCCN1C(C)C(C)C)C(C)(C)C)C(C)C)C(=O)O. The molecule has 7 heteroatoms. The Morgan fingerprint density at radius 2 is 1.59 bits per heavy atom. The normalized spacial score (nSPS) is 21.2. The molecule has 1 saturated heterocycles. The molecule has 0 aromatic rings. The van der Waals surface area contributed by atoms with Crippen LogP contribution in [0.3, 0.4) is 0 Å². The molecule has 0 aromatic heterocycles. The van der Waals surface area contributed by atoms with Crippen molar-refractivity contribution < 1.29 is 19.5 Å². The summed E-state index contributed by atoms with van der Waals surface area (Å²) in [6, 6.07) is -1.13. The summed E-state index contributed by atoms with van der Waals surface area (Å²) in [5, 5.41) is 15.2. The van der Waals surface area contributed by atoms with Crippen molar-refractivity contribution in [2.45, 2.75) is 106 Å². The molecule has 1 fully saturated rings. The van der Waals surface area contributed by atoms with Gasteiger partial charge in [-0.05, 0) is 50.5 Å². The molecule has 3 N–H and O–H groups in total. The third-order valence-corrected chi connectivity index (χ3v) is 6.54. The van der Waals surface area contributed by atoms with Crippen molar-refractivity contribution in [1.82, 2.24) is 15.5 Å². The first kappa shape index (κ1) is 28.1. The van der Waals surface area contributed by atoms with Gasteiger partial charge >= 0.3 is 5.97 Å². The van der Waals surface area contributed by atoms with Crippen LogP contribution in [-0.2, 0) is 14.4 Å². The molecule has 7 nitrogen and oxygen atoms in total. The number of nitrogens with zero attached hydrogens (tertiary/aromatic N) is 1. The van der Waals surface area contributed by atoms with Crippen LogP contribution in [0.2, 0.25) is 0 Å². The van der Waals surface area contributed by atoms with Crippen molar-refractivity contribution in [2.75, 3.05) is 6.54 Å². The number of piperidine rings is 1. The number of aliphatic carboxylic acids is 1. The second kappa shape index (κ2) is 11.8. The highest BCUT2D eigenvalue weighted by molar-refractivity contribution is 5.91. The summed E-state index contributed by atoms with van der Waals surface area (Å²) >= 11 is 0. The Morgan fingerprint density at radius 1 is 1.00 bits per heavy atom. The van der Waals surface area contributed by atoms with E-state index in [4.69, 9.17) is 0 Å². The van der Waals surface area contributed by atoms with E-state index >= 15 is 0 Å². The van der Waals surface area contributed by atoms with Gasteiger partial charge in [0.25, 0.3) is 0 Å². The zero-order chi connectivity index (χ0) is 24.8. The summed E-state index contributed by atoms with van der Waals surface area (Å²) < 4.78 is 0. The van der Waals surface area contributed by atoms with E-state index < -0.39 is 23.5 Å². The Hall–Kier alpha value is -1.89. The van der Waals surface area contributed by atoms with Gasteiger partial charge in [0.15, 0.2) is 0 Å². The predicted octanol–water partition coefficient (Wildman–Crippen LogP) is 3.59. The topological polar surface area (TPSA) is 98.7 Å². The summed E-state index contributed by atoms with van der Waals surface area (Å²) in [7, 11) is 0. The van der Waals surface area contributed by atoms with Crippen LogP contribution < -0.4 is 10.6 Å². The number of amides is 2. The van der Waals surface area contributed by atoms with Crippen LogP contribution in [0.25, 0.3) is 0 Å². The molecule has 2 amide bonds. The maximum Gasteiger partial charge on any atom is 0.331 e. The highest BCUT2D eigenvalue weighted by Crippen LogP contribution is 2.25. The van der Waals surface area contributed by atoms with Gasteiger partial charge in [-0.1, -0.05) is 61.0 Å². The highest BCUT2D eigenvalue weighted by atomic mass is 16.4. The maximum absolute atomic E-state index is 13.4. The van der Waals surface area contributed by atoms with Crippen molar-refractivity contribution >= 4 is 17.8 Å². The molecule has 1 aliphatic heterocycles. The van der Waals surface area contributed by atoms with Gasteiger partial charge in [-0.2, -0.15) is 0 Å². The molecule has 4 unspecified atom stereocenters. The molecule has 1 aliphatic rings. The molecule has 0 saturated carbocycles. The second-order valence-electron chi connectivity index (χ2n) is 11.0. The largest absolute Gasteiger partial charge is 0.478 e. The Bertz CT molecular complexity index is 694. The van der Waals surface area contributed by atoms with Crippen molar-refractivity contribution in [2.24, 2.45) is 17.3 Å². The number of carboxylic acid groups (broad SMARTS) is 1. The summed E-state index contributed by atoms with van der Waals surface area (Å²) in [6.07, 6.45) is 4.44. The van der Waals surface area contributed by atoms with Crippen LogP contribution >= 0.6 is 0 Å². The highest BCUT2D eigenvalue weighted by Gasteiger charge is 2.38. The number of likely N-dealkylation sites (tertiary alicyclic amines) is 1. The van der Waals surface area contributed by atoms with E-state index in [0.717, 1.165) is 25.8 Å². The van der Waals surface area contributed by atoms with E-state index in [-0.39, 0.29) is 35.4 Å². The van der Waals surface area contributed by atoms with Crippen LogP contribution in [-0.4, -0.2) is 58.5 Å². The lowest BCUT2D eigenvalue weighted by Gasteiger charge is -2.42. The Labute approximate surface area is 194 Å². The number of hydrogen-bond donors (Lipinski definition) is 3. The first-order valence-electron chi connectivity index (χ1n) is 11.9. The Balaban J connectivity index is 3.07. The zero-order valence-corrected chi connectivity index (χ0v) is 21.5. The molecule has 0 bridgehead atoms. The Kier molecular flexibility index (Phi) is 10.4. The summed E-state index contributed by atoms with van der Waals surface area (Å²) in [6.45, 7) is 18.5. The van der Waals surface area contributed by atoms with E-state index in [1.165, 1.54) is 6.92 Å². The number of carbonyl (C=O) groups is 3. The lowest BCUT2D eigenvalue weighted by molar-refractivity contribution is -0.136. The molecular formula is C25H45N3O4. The predicted molar refractivity (Wildman–Crippen MR) is 128 cm³/mol. The van der Waals surface area contributed by atoms with E-state index in [2.05, 4.69) is 36.3 Å². The standard InChI is InChI=1S/C25H45N3O4/c1-15(2)18(6)28-13-11-10-12-20(28)22(29)27-21(25(7,8)9)23(30)26-19(16(3)4)14-17(5)24(31)32/h14-16,18-21H,10-13H2,1-9H3,(H,26,30)(H,27,29)(H,31,32)/b17-14+. The van der Waals surface area contributed by atoms with Crippen LogP contribution in [0.5, 0.6) is 0 Å². The quantitative estimate of drug-likeness (QED) is 0.465. The average molecular weight is 452 g/mol. The van der Waals surface area contributed by atoms with Gasteiger partial charge in [0.2, 0.25) is 11.8 Å². The molecule has 0 radical (unpaired) electrons. The van der Waals surface area contributed by atoms with Gasteiger partial charge in [-0.15, -0.1) is 0 Å². The summed E-state index contributed by atoms with van der Waals surface area (Å²) in [5.74, 6) is -0.974. The van der Waals surface area contributed by atoms with Crippen molar-refractivity contribution in [1.29, 1.82) is 0 Å². The number of rotatable bonds is 9. The van der Waals surface area contributed by atoms with Gasteiger partial charge in [0, 0.05) is 11.6 Å². The molecule has 184 valence electrons. The lowest BCUT2D eigenvalue weighted by Crippen LogP contribution is -2.61. The number of carboxylic acids is 1. The van der Waals surface area contributed by atoms with E-state index in [1.54, 1.807) is 6.08 Å². The molecule has 0 spiro atoms.